The van der Waals surface area contributed by atoms with Crippen molar-refractivity contribution in [2.24, 2.45) is 0 Å². The van der Waals surface area contributed by atoms with E-state index in [1.165, 1.54) is 11.8 Å². The fraction of sp³-hybridized carbons (Fsp3) is 0.286. The molecular formula is C14H14N2O2S. The van der Waals surface area contributed by atoms with Gasteiger partial charge in [-0.25, -0.2) is 9.97 Å². The first-order valence-electron chi connectivity index (χ1n) is 6.12. The van der Waals surface area contributed by atoms with Gasteiger partial charge in [-0.05, 0) is 25.3 Å². The summed E-state index contributed by atoms with van der Waals surface area (Å²) in [6.07, 6.45) is 3.34. The molecule has 3 rings (SSSR count). The third-order valence-corrected chi connectivity index (χ3v) is 3.49. The van der Waals surface area contributed by atoms with Crippen molar-refractivity contribution in [1.29, 1.82) is 0 Å². The number of aromatic nitrogens is 2. The van der Waals surface area contributed by atoms with E-state index in [0.717, 1.165) is 27.7 Å². The van der Waals surface area contributed by atoms with Crippen molar-refractivity contribution in [2.75, 3.05) is 12.9 Å². The lowest BCUT2D eigenvalue weighted by Crippen LogP contribution is -2.18. The summed E-state index contributed by atoms with van der Waals surface area (Å²) in [5, 5.41) is 0.755. The van der Waals surface area contributed by atoms with Crippen LogP contribution in [0.25, 0.3) is 11.3 Å². The van der Waals surface area contributed by atoms with Gasteiger partial charge in [0, 0.05) is 18.4 Å². The average Bonchev–Trinajstić information content (AvgIpc) is 2.47. The molecular weight excluding hydrogens is 260 g/mol. The van der Waals surface area contributed by atoms with Crippen LogP contribution in [-0.2, 0) is 4.74 Å². The molecule has 0 saturated carbocycles. The van der Waals surface area contributed by atoms with Gasteiger partial charge in [-0.15, -0.1) is 0 Å². The molecule has 0 N–H and O–H groups in total. The summed E-state index contributed by atoms with van der Waals surface area (Å²) >= 11 is 1.53. The van der Waals surface area contributed by atoms with Crippen molar-refractivity contribution in [3.05, 3.63) is 36.0 Å². The van der Waals surface area contributed by atoms with Gasteiger partial charge in [-0.2, -0.15) is 0 Å². The Labute approximate surface area is 116 Å². The summed E-state index contributed by atoms with van der Waals surface area (Å²) < 4.78 is 11.5. The Morgan fingerprint density at radius 2 is 2.21 bits per heavy atom. The molecule has 0 spiro atoms. The standard InChI is InChI=1S/C14H14N2O2S/c1-3-17-13-10-8-15-14(19-2)16-12(10)9-6-4-5-7-11(9)18-13/h4-8,13H,3H2,1-2H3/t13-/m1/s1. The normalized spacial score (nSPS) is 16.4. The number of ether oxygens (including phenoxy) is 2. The van der Waals surface area contributed by atoms with Gasteiger partial charge < -0.3 is 9.47 Å². The Bertz CT molecular complexity index is 604. The van der Waals surface area contributed by atoms with Crippen LogP contribution in [0.15, 0.2) is 35.6 Å². The highest BCUT2D eigenvalue weighted by atomic mass is 32.2. The van der Waals surface area contributed by atoms with Gasteiger partial charge in [0.25, 0.3) is 0 Å². The Balaban J connectivity index is 2.16. The van der Waals surface area contributed by atoms with Crippen LogP contribution in [-0.4, -0.2) is 22.8 Å². The quantitative estimate of drug-likeness (QED) is 0.634. The molecule has 0 saturated heterocycles. The van der Waals surface area contributed by atoms with E-state index in [4.69, 9.17) is 9.47 Å². The van der Waals surface area contributed by atoms with Gasteiger partial charge in [-0.1, -0.05) is 23.9 Å². The summed E-state index contributed by atoms with van der Waals surface area (Å²) in [4.78, 5) is 8.91. The fourth-order valence-electron chi connectivity index (χ4n) is 2.08. The number of rotatable bonds is 3. The monoisotopic (exact) mass is 274 g/mol. The summed E-state index contributed by atoms with van der Waals surface area (Å²) in [6, 6.07) is 7.87. The van der Waals surface area contributed by atoms with Crippen LogP contribution in [0.2, 0.25) is 0 Å². The van der Waals surface area contributed by atoms with Crippen LogP contribution >= 0.6 is 11.8 Å². The van der Waals surface area contributed by atoms with Crippen molar-refractivity contribution >= 4 is 11.8 Å². The van der Waals surface area contributed by atoms with Gasteiger partial charge >= 0.3 is 0 Å². The Morgan fingerprint density at radius 1 is 1.37 bits per heavy atom. The first-order valence-corrected chi connectivity index (χ1v) is 7.34. The van der Waals surface area contributed by atoms with Crippen LogP contribution in [0.5, 0.6) is 5.75 Å². The molecule has 1 atom stereocenters. The predicted molar refractivity (Wildman–Crippen MR) is 74.2 cm³/mol. The maximum absolute atomic E-state index is 5.86. The van der Waals surface area contributed by atoms with Crippen molar-refractivity contribution in [3.63, 3.8) is 0 Å². The van der Waals surface area contributed by atoms with Gasteiger partial charge in [0.1, 0.15) is 5.75 Å². The molecule has 0 radical (unpaired) electrons. The molecule has 0 bridgehead atoms. The number of hydrogen-bond donors (Lipinski definition) is 0. The van der Waals surface area contributed by atoms with E-state index in [1.54, 1.807) is 6.20 Å². The second-order valence-electron chi connectivity index (χ2n) is 4.06. The van der Waals surface area contributed by atoms with E-state index in [9.17, 15) is 0 Å². The van der Waals surface area contributed by atoms with Crippen molar-refractivity contribution < 1.29 is 9.47 Å². The molecule has 5 heteroatoms. The average molecular weight is 274 g/mol. The minimum absolute atomic E-state index is 0.425. The molecule has 1 aliphatic rings. The first kappa shape index (κ1) is 12.4. The molecule has 0 aliphatic carbocycles. The molecule has 0 amide bonds. The largest absolute Gasteiger partial charge is 0.460 e. The third kappa shape index (κ3) is 2.19. The van der Waals surface area contributed by atoms with Crippen LogP contribution in [0.3, 0.4) is 0 Å². The minimum atomic E-state index is -0.425. The SMILES string of the molecule is CCO[C@@H]1Oc2ccccc2-c2nc(SC)ncc21. The number of para-hydroxylation sites is 1. The first-order chi connectivity index (χ1) is 9.33. The summed E-state index contributed by atoms with van der Waals surface area (Å²) in [6.45, 7) is 2.53. The Hall–Kier alpha value is -1.59. The number of nitrogens with zero attached hydrogens (tertiary/aromatic N) is 2. The molecule has 2 heterocycles. The highest BCUT2D eigenvalue weighted by Crippen LogP contribution is 2.41. The predicted octanol–water partition coefficient (Wildman–Crippen LogP) is 3.29. The summed E-state index contributed by atoms with van der Waals surface area (Å²) in [7, 11) is 0. The van der Waals surface area contributed by atoms with Crippen molar-refractivity contribution in [3.8, 4) is 17.0 Å². The molecule has 19 heavy (non-hydrogen) atoms. The van der Waals surface area contributed by atoms with E-state index in [1.807, 2.05) is 37.4 Å². The van der Waals surface area contributed by atoms with E-state index >= 15 is 0 Å². The maximum atomic E-state index is 5.86. The van der Waals surface area contributed by atoms with Crippen molar-refractivity contribution in [1.82, 2.24) is 9.97 Å². The van der Waals surface area contributed by atoms with E-state index in [0.29, 0.717) is 6.61 Å². The summed E-state index contributed by atoms with van der Waals surface area (Å²) in [5.74, 6) is 0.805. The van der Waals surface area contributed by atoms with E-state index in [2.05, 4.69) is 9.97 Å². The molecule has 98 valence electrons. The Morgan fingerprint density at radius 3 is 3.00 bits per heavy atom. The van der Waals surface area contributed by atoms with Gasteiger partial charge in [-0.3, -0.25) is 0 Å². The maximum Gasteiger partial charge on any atom is 0.230 e. The third-order valence-electron chi connectivity index (χ3n) is 2.93. The smallest absolute Gasteiger partial charge is 0.230 e. The molecule has 4 nitrogen and oxygen atoms in total. The van der Waals surface area contributed by atoms with Crippen LogP contribution < -0.4 is 4.74 Å². The lowest BCUT2D eigenvalue weighted by atomic mass is 10.0. The van der Waals surface area contributed by atoms with Gasteiger partial charge in [0.15, 0.2) is 5.16 Å². The molecule has 1 aromatic carbocycles. The second kappa shape index (κ2) is 5.19. The highest BCUT2D eigenvalue weighted by Gasteiger charge is 2.28. The zero-order valence-electron chi connectivity index (χ0n) is 10.8. The van der Waals surface area contributed by atoms with Crippen molar-refractivity contribution in [2.45, 2.75) is 18.4 Å². The number of hydrogen-bond acceptors (Lipinski definition) is 5. The number of benzene rings is 1. The lowest BCUT2D eigenvalue weighted by Gasteiger charge is -2.27. The van der Waals surface area contributed by atoms with Crippen LogP contribution in [0, 0.1) is 0 Å². The van der Waals surface area contributed by atoms with Crippen LogP contribution in [0.4, 0.5) is 0 Å². The number of fused-ring (bicyclic) bond motifs is 3. The lowest BCUT2D eigenvalue weighted by molar-refractivity contribution is -0.0806. The van der Waals surface area contributed by atoms with Gasteiger partial charge in [0.05, 0.1) is 11.3 Å². The zero-order valence-corrected chi connectivity index (χ0v) is 11.6. The zero-order chi connectivity index (χ0) is 13.2. The molecule has 2 aromatic rings. The Kier molecular flexibility index (Phi) is 3.40. The number of thioether (sulfide) groups is 1. The van der Waals surface area contributed by atoms with Crippen LogP contribution in [0.1, 0.15) is 18.8 Å². The summed E-state index contributed by atoms with van der Waals surface area (Å²) in [5.41, 5.74) is 2.78. The van der Waals surface area contributed by atoms with E-state index in [-0.39, 0.29) is 0 Å². The van der Waals surface area contributed by atoms with Gasteiger partial charge in [0.2, 0.25) is 6.29 Å². The molecule has 1 aromatic heterocycles. The minimum Gasteiger partial charge on any atom is -0.460 e. The van der Waals surface area contributed by atoms with E-state index < -0.39 is 6.29 Å². The molecule has 0 fully saturated rings. The highest BCUT2D eigenvalue weighted by molar-refractivity contribution is 7.98. The molecule has 1 aliphatic heterocycles. The fourth-order valence-corrected chi connectivity index (χ4v) is 2.42. The topological polar surface area (TPSA) is 44.2 Å². The second-order valence-corrected chi connectivity index (χ2v) is 4.84. The molecule has 0 unspecified atom stereocenters.